The number of alkyl halides is 4. The molecule has 0 atom stereocenters. The summed E-state index contributed by atoms with van der Waals surface area (Å²) in [4.78, 5) is 17.0. The number of halogens is 7. The minimum absolute atomic E-state index is 0.00504. The van der Waals surface area contributed by atoms with E-state index in [1.54, 1.807) is 0 Å². The number of ketones is 1. The number of hydrogen-bond donors (Lipinski definition) is 0. The van der Waals surface area contributed by atoms with Crippen LogP contribution in [0.2, 0.25) is 5.02 Å². The van der Waals surface area contributed by atoms with E-state index in [-0.39, 0.29) is 42.8 Å². The quantitative estimate of drug-likeness (QED) is 0.338. The minimum Gasteiger partial charge on any atom is -0.312 e. The lowest BCUT2D eigenvalue weighted by Crippen LogP contribution is -2.30. The Morgan fingerprint density at radius 3 is 2.59 bits per heavy atom. The van der Waals surface area contributed by atoms with Crippen molar-refractivity contribution >= 4 is 44.3 Å². The Morgan fingerprint density at radius 1 is 1.31 bits per heavy atom. The Labute approximate surface area is 191 Å². The van der Waals surface area contributed by atoms with Crippen molar-refractivity contribution < 1.29 is 26.7 Å². The highest BCUT2D eigenvalue weighted by Crippen LogP contribution is 2.33. The predicted molar refractivity (Wildman–Crippen MR) is 111 cm³/mol. The molecule has 0 amide bonds. The number of benzene rings is 2. The van der Waals surface area contributed by atoms with Crippen LogP contribution in [0.3, 0.4) is 0 Å². The molecule has 2 aromatic carbocycles. The van der Waals surface area contributed by atoms with Crippen molar-refractivity contribution in [2.24, 2.45) is 12.0 Å². The van der Waals surface area contributed by atoms with Crippen LogP contribution in [0.25, 0.3) is 11.0 Å². The van der Waals surface area contributed by atoms with Crippen molar-refractivity contribution in [2.45, 2.75) is 12.7 Å². The third-order valence-electron chi connectivity index (χ3n) is 4.59. The van der Waals surface area contributed by atoms with Gasteiger partial charge in [0.25, 0.3) is 0 Å². The zero-order valence-electron chi connectivity index (χ0n) is 16.3. The summed E-state index contributed by atoms with van der Waals surface area (Å²) >= 11 is 9.17. The van der Waals surface area contributed by atoms with Crippen LogP contribution in [0.4, 0.5) is 22.0 Å². The molecule has 0 saturated carbocycles. The number of nitriles is 1. The Balaban J connectivity index is 2.41. The van der Waals surface area contributed by atoms with Crippen molar-refractivity contribution in [2.75, 3.05) is 13.2 Å². The smallest absolute Gasteiger partial charge is 0.312 e. The maximum Gasteiger partial charge on any atom is 0.406 e. The van der Waals surface area contributed by atoms with Crippen molar-refractivity contribution in [3.8, 4) is 6.07 Å². The average Bonchev–Trinajstić information content (AvgIpc) is 2.96. The van der Waals surface area contributed by atoms with Crippen LogP contribution in [-0.4, -0.2) is 34.3 Å². The topological polar surface area (TPSA) is 63.1 Å². The normalized spacial score (nSPS) is 12.4. The molecular weight excluding hydrogens is 523 g/mol. The largest absolute Gasteiger partial charge is 0.406 e. The SMILES string of the molecule is Cn1c(=NCCF)n(CC(F)(F)F)c2cc(Br)c(C(=O)c3cc(F)ccc3Cl)c(C#N)c21. The second kappa shape index (κ2) is 9.03. The van der Waals surface area contributed by atoms with Crippen LogP contribution in [0.1, 0.15) is 21.5 Å². The average molecular weight is 536 g/mol. The number of carbonyl (C=O) groups is 1. The predicted octanol–water partition coefficient (Wildman–Crippen LogP) is 5.07. The van der Waals surface area contributed by atoms with Crippen molar-refractivity contribution in [3.05, 3.63) is 61.9 Å². The van der Waals surface area contributed by atoms with Crippen LogP contribution in [0, 0.1) is 17.1 Å². The lowest BCUT2D eigenvalue weighted by atomic mass is 9.97. The van der Waals surface area contributed by atoms with E-state index in [4.69, 9.17) is 11.6 Å². The number of nitrogens with zero attached hydrogens (tertiary/aromatic N) is 4. The third kappa shape index (κ3) is 4.42. The van der Waals surface area contributed by atoms with Gasteiger partial charge in [-0.05, 0) is 40.2 Å². The number of aryl methyl sites for hydroxylation is 1. The maximum absolute atomic E-state index is 13.7. The van der Waals surface area contributed by atoms with Crippen LogP contribution in [-0.2, 0) is 13.6 Å². The number of hydrogen-bond acceptors (Lipinski definition) is 3. The highest BCUT2D eigenvalue weighted by molar-refractivity contribution is 9.10. The fourth-order valence-electron chi connectivity index (χ4n) is 3.37. The molecule has 0 aliphatic heterocycles. The van der Waals surface area contributed by atoms with Gasteiger partial charge in [0.1, 0.15) is 25.1 Å². The van der Waals surface area contributed by atoms with Crippen molar-refractivity contribution in [1.82, 2.24) is 9.13 Å². The molecule has 0 aliphatic carbocycles. The van der Waals surface area contributed by atoms with Crippen LogP contribution in [0.15, 0.2) is 33.7 Å². The zero-order chi connectivity index (χ0) is 23.8. The number of imidazole rings is 1. The molecule has 0 unspecified atom stereocenters. The minimum atomic E-state index is -4.64. The lowest BCUT2D eigenvalue weighted by molar-refractivity contribution is -0.140. The van der Waals surface area contributed by atoms with E-state index in [0.717, 1.165) is 16.7 Å². The van der Waals surface area contributed by atoms with E-state index in [2.05, 4.69) is 20.9 Å². The van der Waals surface area contributed by atoms with E-state index in [1.165, 1.54) is 23.7 Å². The Hall–Kier alpha value is -2.71. The molecule has 168 valence electrons. The van der Waals surface area contributed by atoms with E-state index in [0.29, 0.717) is 0 Å². The Morgan fingerprint density at radius 2 is 2.00 bits per heavy atom. The number of rotatable bonds is 5. The van der Waals surface area contributed by atoms with Gasteiger partial charge in [-0.15, -0.1) is 0 Å². The Kier molecular flexibility index (Phi) is 6.76. The maximum atomic E-state index is 13.7. The first-order chi connectivity index (χ1) is 15.0. The summed E-state index contributed by atoms with van der Waals surface area (Å²) in [5.74, 6) is -1.53. The molecule has 0 saturated heterocycles. The van der Waals surface area contributed by atoms with Crippen LogP contribution < -0.4 is 5.62 Å². The first-order valence-electron chi connectivity index (χ1n) is 8.95. The molecular formula is C20H13BrClF5N4O. The first-order valence-corrected chi connectivity index (χ1v) is 10.1. The molecule has 0 bridgehead atoms. The number of carbonyl (C=O) groups excluding carboxylic acids is 1. The van der Waals surface area contributed by atoms with Gasteiger partial charge in [-0.1, -0.05) is 11.6 Å². The van der Waals surface area contributed by atoms with Gasteiger partial charge in [-0.25, -0.2) is 13.8 Å². The molecule has 3 aromatic rings. The third-order valence-corrected chi connectivity index (χ3v) is 5.54. The molecule has 1 heterocycles. The first kappa shape index (κ1) is 23.9. The molecule has 0 aliphatic rings. The van der Waals surface area contributed by atoms with E-state index in [9.17, 15) is 32.0 Å². The van der Waals surface area contributed by atoms with Gasteiger partial charge in [-0.3, -0.25) is 4.79 Å². The van der Waals surface area contributed by atoms with Crippen LogP contribution in [0.5, 0.6) is 0 Å². The van der Waals surface area contributed by atoms with Gasteiger partial charge in [-0.2, -0.15) is 18.4 Å². The van der Waals surface area contributed by atoms with Gasteiger partial charge >= 0.3 is 6.18 Å². The molecule has 3 rings (SSSR count). The van der Waals surface area contributed by atoms with E-state index < -0.39 is 37.5 Å². The van der Waals surface area contributed by atoms with Gasteiger partial charge in [0.05, 0.1) is 33.7 Å². The summed E-state index contributed by atoms with van der Waals surface area (Å²) in [6.07, 6.45) is -4.64. The van der Waals surface area contributed by atoms with Crippen molar-refractivity contribution in [3.63, 3.8) is 0 Å². The molecule has 0 radical (unpaired) electrons. The molecule has 32 heavy (non-hydrogen) atoms. The molecule has 0 spiro atoms. The van der Waals surface area contributed by atoms with Gasteiger partial charge in [0.2, 0.25) is 5.62 Å². The fraction of sp³-hybridized carbons (Fsp3) is 0.250. The molecule has 0 fully saturated rings. The summed E-state index contributed by atoms with van der Waals surface area (Å²) in [5, 5.41) is 9.76. The van der Waals surface area contributed by atoms with Gasteiger partial charge in [0.15, 0.2) is 5.78 Å². The van der Waals surface area contributed by atoms with Gasteiger partial charge in [0, 0.05) is 17.1 Å². The van der Waals surface area contributed by atoms with Crippen LogP contribution >= 0.6 is 27.5 Å². The van der Waals surface area contributed by atoms with Crippen molar-refractivity contribution in [1.29, 1.82) is 5.26 Å². The molecule has 1 aromatic heterocycles. The zero-order valence-corrected chi connectivity index (χ0v) is 18.6. The summed E-state index contributed by atoms with van der Waals surface area (Å²) in [5.41, 5.74) is -0.986. The highest BCUT2D eigenvalue weighted by atomic mass is 79.9. The summed E-state index contributed by atoms with van der Waals surface area (Å²) in [7, 11) is 1.35. The number of aromatic nitrogens is 2. The monoisotopic (exact) mass is 534 g/mol. The van der Waals surface area contributed by atoms with Gasteiger partial charge < -0.3 is 9.13 Å². The summed E-state index contributed by atoms with van der Waals surface area (Å²) in [6, 6.07) is 6.21. The second-order valence-electron chi connectivity index (χ2n) is 6.67. The standard InChI is InChI=1S/C20H13BrClF5N4O/c1-30-17-12(8-28)16(18(32)11-6-10(24)2-3-14(11)22)13(21)7-15(17)31(9-20(25,26)27)19(30)29-5-4-23/h2-3,6-7H,4-5,9H2,1H3. The molecule has 5 nitrogen and oxygen atoms in total. The second-order valence-corrected chi connectivity index (χ2v) is 7.93. The number of fused-ring (bicyclic) bond motifs is 1. The lowest BCUT2D eigenvalue weighted by Gasteiger charge is -2.12. The fourth-order valence-corrected chi connectivity index (χ4v) is 4.16. The molecule has 12 heteroatoms. The highest BCUT2D eigenvalue weighted by Gasteiger charge is 2.32. The van der Waals surface area contributed by atoms with E-state index in [1.807, 2.05) is 6.07 Å². The Bertz CT molecular complexity index is 1340. The summed E-state index contributed by atoms with van der Waals surface area (Å²) in [6.45, 7) is -2.74. The van der Waals surface area contributed by atoms with E-state index >= 15 is 0 Å². The summed E-state index contributed by atoms with van der Waals surface area (Å²) < 4.78 is 68.1. The molecule has 0 N–H and O–H groups in total.